The summed E-state index contributed by atoms with van der Waals surface area (Å²) in [5.41, 5.74) is 3.64. The van der Waals surface area contributed by atoms with Gasteiger partial charge in [0.25, 0.3) is 5.91 Å². The summed E-state index contributed by atoms with van der Waals surface area (Å²) in [5, 5.41) is 3.80. The number of aromatic nitrogens is 3. The van der Waals surface area contributed by atoms with Crippen LogP contribution in [0.3, 0.4) is 0 Å². The summed E-state index contributed by atoms with van der Waals surface area (Å²) in [6.45, 7) is 5.88. The van der Waals surface area contributed by atoms with Crippen molar-refractivity contribution in [2.45, 2.75) is 13.5 Å². The van der Waals surface area contributed by atoms with E-state index in [0.29, 0.717) is 18.8 Å². The number of hydrogen-bond donors (Lipinski definition) is 0. The number of carbonyl (C=O) groups excluding carboxylic acids is 1. The Morgan fingerprint density at radius 2 is 1.91 bits per heavy atom. The molecule has 1 fully saturated rings. The van der Waals surface area contributed by atoms with Crippen molar-refractivity contribution >= 4 is 34.0 Å². The fourth-order valence-electron chi connectivity index (χ4n) is 4.15. The van der Waals surface area contributed by atoms with E-state index in [1.54, 1.807) is 13.3 Å². The maximum absolute atomic E-state index is 13.1. The summed E-state index contributed by atoms with van der Waals surface area (Å²) >= 11 is 1.51. The summed E-state index contributed by atoms with van der Waals surface area (Å²) in [6, 6.07) is 12.1. The largest absolute Gasteiger partial charge is 0.497 e. The number of nitrogens with zero attached hydrogens (tertiary/aromatic N) is 5. The van der Waals surface area contributed by atoms with Crippen LogP contribution in [0.4, 0.5) is 5.69 Å². The third kappa shape index (κ3) is 3.71. The SMILES string of the molecule is CCn1cc(-c2nc(C(=O)N3CCN(c4ccc(OC)cc4)CC3)cs2)c2cccnc21. The Labute approximate surface area is 190 Å². The van der Waals surface area contributed by atoms with Crippen LogP contribution in [0.1, 0.15) is 17.4 Å². The van der Waals surface area contributed by atoms with Crippen LogP contribution < -0.4 is 9.64 Å². The molecule has 1 aliphatic rings. The number of methoxy groups -OCH3 is 1. The first-order chi connectivity index (χ1) is 15.7. The maximum Gasteiger partial charge on any atom is 0.273 e. The highest BCUT2D eigenvalue weighted by Crippen LogP contribution is 2.32. The molecule has 5 rings (SSSR count). The number of carbonyl (C=O) groups is 1. The van der Waals surface area contributed by atoms with E-state index < -0.39 is 0 Å². The molecule has 0 N–H and O–H groups in total. The number of hydrogen-bond acceptors (Lipinski definition) is 6. The minimum absolute atomic E-state index is 0.000708. The van der Waals surface area contributed by atoms with Crippen molar-refractivity contribution < 1.29 is 9.53 Å². The van der Waals surface area contributed by atoms with E-state index in [1.807, 2.05) is 28.5 Å². The lowest BCUT2D eigenvalue weighted by Crippen LogP contribution is -2.48. The van der Waals surface area contributed by atoms with Crippen LogP contribution in [0.5, 0.6) is 5.75 Å². The second kappa shape index (κ2) is 8.63. The first-order valence-corrected chi connectivity index (χ1v) is 11.6. The molecule has 0 aliphatic carbocycles. The van der Waals surface area contributed by atoms with Gasteiger partial charge in [0.2, 0.25) is 0 Å². The fraction of sp³-hybridized carbons (Fsp3) is 0.292. The Bertz CT molecular complexity index is 1240. The third-order valence-electron chi connectivity index (χ3n) is 5.93. The molecule has 3 aromatic heterocycles. The van der Waals surface area contributed by atoms with Crippen LogP contribution in [0.15, 0.2) is 54.2 Å². The smallest absolute Gasteiger partial charge is 0.273 e. The molecular formula is C24H25N5O2S. The van der Waals surface area contributed by atoms with E-state index in [9.17, 15) is 4.79 Å². The molecule has 0 atom stereocenters. The molecule has 32 heavy (non-hydrogen) atoms. The standard InChI is InChI=1S/C24H25N5O2S/c1-3-27-15-20(19-5-4-10-25-22(19)27)23-26-21(16-32-23)24(30)29-13-11-28(12-14-29)17-6-8-18(31-2)9-7-17/h4-10,15-16H,3,11-14H2,1-2H3. The zero-order chi connectivity index (χ0) is 22.1. The van der Waals surface area contributed by atoms with Crippen molar-refractivity contribution in [1.29, 1.82) is 0 Å². The zero-order valence-electron chi connectivity index (χ0n) is 18.2. The van der Waals surface area contributed by atoms with Crippen molar-refractivity contribution in [3.05, 3.63) is 59.9 Å². The summed E-state index contributed by atoms with van der Waals surface area (Å²) in [4.78, 5) is 26.5. The molecule has 7 nitrogen and oxygen atoms in total. The molecule has 0 saturated carbocycles. The van der Waals surface area contributed by atoms with Crippen LogP contribution in [0.25, 0.3) is 21.6 Å². The number of aryl methyl sites for hydroxylation is 1. The van der Waals surface area contributed by atoms with Gasteiger partial charge in [0.1, 0.15) is 22.1 Å². The van der Waals surface area contributed by atoms with Gasteiger partial charge in [-0.3, -0.25) is 4.79 Å². The summed E-state index contributed by atoms with van der Waals surface area (Å²) in [5.74, 6) is 0.846. The van der Waals surface area contributed by atoms with E-state index in [4.69, 9.17) is 9.72 Å². The molecule has 1 aliphatic heterocycles. The van der Waals surface area contributed by atoms with Gasteiger partial charge in [-0.05, 0) is 43.3 Å². The van der Waals surface area contributed by atoms with E-state index in [0.717, 1.165) is 52.7 Å². The Kier molecular flexibility index (Phi) is 5.53. The van der Waals surface area contributed by atoms with Crippen LogP contribution in [-0.2, 0) is 6.54 Å². The highest BCUT2D eigenvalue weighted by Gasteiger charge is 2.25. The number of benzene rings is 1. The van der Waals surface area contributed by atoms with Gasteiger partial charge in [-0.2, -0.15) is 0 Å². The average molecular weight is 448 g/mol. The van der Waals surface area contributed by atoms with Crippen LogP contribution in [-0.4, -0.2) is 58.6 Å². The van der Waals surface area contributed by atoms with Gasteiger partial charge in [0.05, 0.1) is 7.11 Å². The number of ether oxygens (including phenoxy) is 1. The van der Waals surface area contributed by atoms with E-state index >= 15 is 0 Å². The number of anilines is 1. The number of pyridine rings is 1. The van der Waals surface area contributed by atoms with Gasteiger partial charge in [-0.1, -0.05) is 0 Å². The molecule has 0 unspecified atom stereocenters. The molecular weight excluding hydrogens is 422 g/mol. The average Bonchev–Trinajstić information content (AvgIpc) is 3.49. The first-order valence-electron chi connectivity index (χ1n) is 10.8. The summed E-state index contributed by atoms with van der Waals surface area (Å²) in [6.07, 6.45) is 3.89. The van der Waals surface area contributed by atoms with Crippen LogP contribution in [0.2, 0.25) is 0 Å². The number of fused-ring (bicyclic) bond motifs is 1. The Hall–Kier alpha value is -3.39. The highest BCUT2D eigenvalue weighted by atomic mass is 32.1. The minimum Gasteiger partial charge on any atom is -0.497 e. The van der Waals surface area contributed by atoms with Crippen molar-refractivity contribution in [3.8, 4) is 16.3 Å². The third-order valence-corrected chi connectivity index (χ3v) is 6.81. The van der Waals surface area contributed by atoms with E-state index in [2.05, 4.69) is 45.8 Å². The summed E-state index contributed by atoms with van der Waals surface area (Å²) < 4.78 is 7.35. The second-order valence-corrected chi connectivity index (χ2v) is 8.58. The van der Waals surface area contributed by atoms with Gasteiger partial charge in [0, 0.05) is 67.1 Å². The molecule has 1 amide bonds. The first kappa shape index (κ1) is 20.5. The molecule has 0 bridgehead atoms. The van der Waals surface area contributed by atoms with Gasteiger partial charge < -0.3 is 19.1 Å². The molecule has 8 heteroatoms. The summed E-state index contributed by atoms with van der Waals surface area (Å²) in [7, 11) is 1.67. The predicted molar refractivity (Wildman–Crippen MR) is 128 cm³/mol. The predicted octanol–water partition coefficient (Wildman–Crippen LogP) is 4.15. The fourth-order valence-corrected chi connectivity index (χ4v) is 4.97. The molecule has 1 aromatic carbocycles. The Morgan fingerprint density at radius 3 is 2.62 bits per heavy atom. The van der Waals surface area contributed by atoms with Crippen molar-refractivity contribution in [2.24, 2.45) is 0 Å². The minimum atomic E-state index is -0.000708. The van der Waals surface area contributed by atoms with E-state index in [-0.39, 0.29) is 5.91 Å². The highest BCUT2D eigenvalue weighted by molar-refractivity contribution is 7.13. The number of amides is 1. The maximum atomic E-state index is 13.1. The number of rotatable bonds is 5. The molecule has 1 saturated heterocycles. The number of piperazine rings is 1. The van der Waals surface area contributed by atoms with E-state index in [1.165, 1.54) is 11.3 Å². The normalized spacial score (nSPS) is 14.2. The topological polar surface area (TPSA) is 63.5 Å². The van der Waals surface area contributed by atoms with Gasteiger partial charge in [0.15, 0.2) is 0 Å². The lowest BCUT2D eigenvalue weighted by molar-refractivity contribution is 0.0742. The molecule has 0 radical (unpaired) electrons. The van der Waals surface area contributed by atoms with Gasteiger partial charge in [-0.15, -0.1) is 11.3 Å². The Morgan fingerprint density at radius 1 is 1.12 bits per heavy atom. The number of thiazole rings is 1. The van der Waals surface area contributed by atoms with Crippen molar-refractivity contribution in [1.82, 2.24) is 19.4 Å². The zero-order valence-corrected chi connectivity index (χ0v) is 19.0. The molecule has 4 heterocycles. The Balaban J connectivity index is 1.30. The quantitative estimate of drug-likeness (QED) is 0.460. The van der Waals surface area contributed by atoms with Crippen LogP contribution in [0, 0.1) is 0 Å². The van der Waals surface area contributed by atoms with Crippen LogP contribution >= 0.6 is 11.3 Å². The van der Waals surface area contributed by atoms with Gasteiger partial charge >= 0.3 is 0 Å². The monoisotopic (exact) mass is 447 g/mol. The van der Waals surface area contributed by atoms with Crippen molar-refractivity contribution in [2.75, 3.05) is 38.2 Å². The lowest BCUT2D eigenvalue weighted by atomic mass is 10.2. The molecule has 4 aromatic rings. The molecule has 0 spiro atoms. The second-order valence-electron chi connectivity index (χ2n) is 7.72. The molecule has 164 valence electrons. The van der Waals surface area contributed by atoms with Crippen molar-refractivity contribution in [3.63, 3.8) is 0 Å². The van der Waals surface area contributed by atoms with Gasteiger partial charge in [-0.25, -0.2) is 9.97 Å². The lowest BCUT2D eigenvalue weighted by Gasteiger charge is -2.35.